The summed E-state index contributed by atoms with van der Waals surface area (Å²) in [5, 5.41) is 8.75. The van der Waals surface area contributed by atoms with E-state index < -0.39 is 0 Å². The maximum absolute atomic E-state index is 13.4. The second-order valence-corrected chi connectivity index (χ2v) is 9.35. The summed E-state index contributed by atoms with van der Waals surface area (Å²) >= 11 is 0. The van der Waals surface area contributed by atoms with E-state index in [4.69, 9.17) is 10.7 Å². The van der Waals surface area contributed by atoms with Crippen LogP contribution in [0.15, 0.2) is 12.3 Å². The van der Waals surface area contributed by atoms with Gasteiger partial charge in [-0.1, -0.05) is 20.3 Å². The minimum atomic E-state index is 0.00924. The van der Waals surface area contributed by atoms with Crippen molar-refractivity contribution in [2.75, 3.05) is 0 Å². The van der Waals surface area contributed by atoms with Crippen LogP contribution >= 0.6 is 0 Å². The molecule has 0 spiro atoms. The minimum Gasteiger partial charge on any atom is -0.349 e. The third kappa shape index (κ3) is 3.43. The van der Waals surface area contributed by atoms with Crippen molar-refractivity contribution < 1.29 is 4.79 Å². The second kappa shape index (κ2) is 7.47. The van der Waals surface area contributed by atoms with Crippen LogP contribution in [0.4, 0.5) is 0 Å². The fourth-order valence-corrected chi connectivity index (χ4v) is 5.15. The van der Waals surface area contributed by atoms with Crippen molar-refractivity contribution in [1.29, 1.82) is 0 Å². The number of amides is 1. The SMILES string of the molecule is CC(C)c1cc(C(=O)NC2C3CCCC2CC(N)C3)c2cnn(C(C)C)c2n1. The van der Waals surface area contributed by atoms with E-state index in [1.54, 1.807) is 6.20 Å². The summed E-state index contributed by atoms with van der Waals surface area (Å²) in [6.07, 6.45) is 7.43. The van der Waals surface area contributed by atoms with Gasteiger partial charge in [-0.3, -0.25) is 4.79 Å². The van der Waals surface area contributed by atoms with Crippen LogP contribution in [-0.4, -0.2) is 32.8 Å². The van der Waals surface area contributed by atoms with Crippen LogP contribution in [0.5, 0.6) is 0 Å². The monoisotopic (exact) mass is 383 g/mol. The van der Waals surface area contributed by atoms with Gasteiger partial charge in [-0.05, 0) is 63.4 Å². The molecular weight excluding hydrogens is 350 g/mol. The van der Waals surface area contributed by atoms with Gasteiger partial charge in [-0.15, -0.1) is 0 Å². The highest BCUT2D eigenvalue weighted by atomic mass is 16.1. The molecule has 2 unspecified atom stereocenters. The highest BCUT2D eigenvalue weighted by molar-refractivity contribution is 6.05. The molecule has 28 heavy (non-hydrogen) atoms. The largest absolute Gasteiger partial charge is 0.349 e. The topological polar surface area (TPSA) is 85.8 Å². The van der Waals surface area contributed by atoms with Gasteiger partial charge in [0, 0.05) is 23.8 Å². The number of rotatable bonds is 4. The first-order valence-corrected chi connectivity index (χ1v) is 10.8. The molecule has 0 radical (unpaired) electrons. The number of pyridine rings is 1. The first-order chi connectivity index (χ1) is 13.3. The van der Waals surface area contributed by atoms with Gasteiger partial charge in [-0.25, -0.2) is 9.67 Å². The van der Waals surface area contributed by atoms with Gasteiger partial charge in [-0.2, -0.15) is 5.10 Å². The average molecular weight is 384 g/mol. The van der Waals surface area contributed by atoms with Gasteiger partial charge in [0.1, 0.15) is 0 Å². The van der Waals surface area contributed by atoms with Crippen LogP contribution in [0.1, 0.15) is 87.8 Å². The van der Waals surface area contributed by atoms with Gasteiger partial charge in [0.2, 0.25) is 0 Å². The number of hydrogen-bond acceptors (Lipinski definition) is 4. The van der Waals surface area contributed by atoms with Crippen molar-refractivity contribution in [3.63, 3.8) is 0 Å². The number of hydrogen-bond donors (Lipinski definition) is 2. The average Bonchev–Trinajstić information content (AvgIpc) is 3.05. The quantitative estimate of drug-likeness (QED) is 0.841. The van der Waals surface area contributed by atoms with E-state index in [2.05, 4.69) is 38.1 Å². The molecule has 0 aromatic carbocycles. The number of nitrogens with two attached hydrogens (primary N) is 1. The van der Waals surface area contributed by atoms with E-state index in [1.807, 2.05) is 10.7 Å². The molecule has 0 aliphatic heterocycles. The molecule has 3 N–H and O–H groups in total. The minimum absolute atomic E-state index is 0.00924. The van der Waals surface area contributed by atoms with Crippen LogP contribution in [0.2, 0.25) is 0 Å². The number of carbonyl (C=O) groups excluding carboxylic acids is 1. The summed E-state index contributed by atoms with van der Waals surface area (Å²) in [6.45, 7) is 8.39. The molecule has 1 amide bonds. The van der Waals surface area contributed by atoms with Crippen LogP contribution in [0.3, 0.4) is 0 Å². The first-order valence-electron chi connectivity index (χ1n) is 10.8. The predicted molar refractivity (Wildman–Crippen MR) is 111 cm³/mol. The van der Waals surface area contributed by atoms with Crippen molar-refractivity contribution in [2.45, 2.75) is 83.8 Å². The summed E-state index contributed by atoms with van der Waals surface area (Å²) in [5.41, 5.74) is 8.70. The van der Waals surface area contributed by atoms with Crippen molar-refractivity contribution in [3.8, 4) is 0 Å². The van der Waals surface area contributed by atoms with Crippen LogP contribution in [0.25, 0.3) is 11.0 Å². The molecule has 2 aliphatic rings. The van der Waals surface area contributed by atoms with Gasteiger partial charge in [0.05, 0.1) is 17.1 Å². The van der Waals surface area contributed by atoms with Crippen molar-refractivity contribution in [2.24, 2.45) is 17.6 Å². The Labute approximate surface area is 167 Å². The zero-order valence-corrected chi connectivity index (χ0v) is 17.5. The van der Waals surface area contributed by atoms with Gasteiger partial charge in [0.25, 0.3) is 5.91 Å². The van der Waals surface area contributed by atoms with Gasteiger partial charge >= 0.3 is 0 Å². The molecule has 2 aliphatic carbocycles. The smallest absolute Gasteiger partial charge is 0.252 e. The van der Waals surface area contributed by atoms with Gasteiger partial charge in [0.15, 0.2) is 5.65 Å². The molecule has 2 aromatic rings. The molecule has 6 nitrogen and oxygen atoms in total. The maximum atomic E-state index is 13.4. The number of carbonyl (C=O) groups is 1. The summed E-state index contributed by atoms with van der Waals surface area (Å²) in [5.74, 6) is 1.27. The molecule has 2 aromatic heterocycles. The highest BCUT2D eigenvalue weighted by Crippen LogP contribution is 2.40. The van der Waals surface area contributed by atoms with Crippen molar-refractivity contribution in [3.05, 3.63) is 23.5 Å². The number of nitrogens with zero attached hydrogens (tertiary/aromatic N) is 3. The Balaban J connectivity index is 1.69. The first kappa shape index (κ1) is 19.4. The standard InChI is InChI=1S/C22H33N5O/c1-12(2)19-10-17(18-11-24-27(13(3)4)21(18)25-19)22(28)26-20-14-6-5-7-15(20)9-16(23)8-14/h10-16,20H,5-9,23H2,1-4H3,(H,26,28). The summed E-state index contributed by atoms with van der Waals surface area (Å²) in [4.78, 5) is 18.2. The number of nitrogens with one attached hydrogen (secondary N) is 1. The Morgan fingerprint density at radius 1 is 1.21 bits per heavy atom. The lowest BCUT2D eigenvalue weighted by molar-refractivity contribution is 0.0757. The Hall–Kier alpha value is -1.95. The lowest BCUT2D eigenvalue weighted by Gasteiger charge is -2.45. The third-order valence-electron chi connectivity index (χ3n) is 6.59. The summed E-state index contributed by atoms with van der Waals surface area (Å²) < 4.78 is 1.91. The van der Waals surface area contributed by atoms with Crippen LogP contribution in [0, 0.1) is 11.8 Å². The van der Waals surface area contributed by atoms with Crippen LogP contribution in [-0.2, 0) is 0 Å². The molecule has 2 bridgehead atoms. The second-order valence-electron chi connectivity index (χ2n) is 9.35. The van der Waals surface area contributed by atoms with E-state index in [1.165, 1.54) is 19.3 Å². The molecule has 6 heteroatoms. The lowest BCUT2D eigenvalue weighted by atomic mass is 9.67. The Kier molecular flexibility index (Phi) is 5.17. The molecule has 0 saturated heterocycles. The molecule has 2 saturated carbocycles. The third-order valence-corrected chi connectivity index (χ3v) is 6.59. The van der Waals surface area contributed by atoms with E-state index >= 15 is 0 Å². The van der Waals surface area contributed by atoms with E-state index in [-0.39, 0.29) is 30.0 Å². The van der Waals surface area contributed by atoms with Crippen LogP contribution < -0.4 is 11.1 Å². The summed E-state index contributed by atoms with van der Waals surface area (Å²) in [6, 6.07) is 2.68. The zero-order valence-electron chi connectivity index (χ0n) is 17.5. The molecule has 4 rings (SSSR count). The predicted octanol–water partition coefficient (Wildman–Crippen LogP) is 3.77. The summed E-state index contributed by atoms with van der Waals surface area (Å²) in [7, 11) is 0. The van der Waals surface area contributed by atoms with Crippen molar-refractivity contribution in [1.82, 2.24) is 20.1 Å². The van der Waals surface area contributed by atoms with Crippen molar-refractivity contribution >= 4 is 16.9 Å². The number of aromatic nitrogens is 3. The normalized spacial score (nSPS) is 27.5. The fraction of sp³-hybridized carbons (Fsp3) is 0.682. The number of fused-ring (bicyclic) bond motifs is 3. The zero-order chi connectivity index (χ0) is 20.0. The molecule has 2 fully saturated rings. The highest BCUT2D eigenvalue weighted by Gasteiger charge is 2.40. The molecule has 152 valence electrons. The fourth-order valence-electron chi connectivity index (χ4n) is 5.15. The van der Waals surface area contributed by atoms with E-state index in [9.17, 15) is 4.79 Å². The van der Waals surface area contributed by atoms with Gasteiger partial charge < -0.3 is 11.1 Å². The Morgan fingerprint density at radius 2 is 1.89 bits per heavy atom. The van der Waals surface area contributed by atoms with E-state index in [0.717, 1.165) is 29.6 Å². The maximum Gasteiger partial charge on any atom is 0.252 e. The van der Waals surface area contributed by atoms with E-state index in [0.29, 0.717) is 17.4 Å². The Bertz CT molecular complexity index is 857. The molecule has 2 heterocycles. The lowest BCUT2D eigenvalue weighted by Crippen LogP contribution is -2.53. The molecule has 2 atom stereocenters. The molecular formula is C22H33N5O. The Morgan fingerprint density at radius 3 is 2.50 bits per heavy atom.